The van der Waals surface area contributed by atoms with Gasteiger partial charge in [-0.15, -0.1) is 24.8 Å². The number of hydrogen-bond donors (Lipinski definition) is 1. The van der Waals surface area contributed by atoms with E-state index in [0.29, 0.717) is 11.7 Å². The molecule has 2 saturated heterocycles. The van der Waals surface area contributed by atoms with Crippen LogP contribution in [0.4, 0.5) is 4.39 Å². The Morgan fingerprint density at radius 3 is 2.50 bits per heavy atom. The molecule has 7 heteroatoms. The fourth-order valence-corrected chi connectivity index (χ4v) is 3.67. The molecule has 2 aliphatic heterocycles. The van der Waals surface area contributed by atoms with Gasteiger partial charge < -0.3 is 14.8 Å². The first-order valence-electron chi connectivity index (χ1n) is 8.15. The lowest BCUT2D eigenvalue weighted by molar-refractivity contribution is 0.0206. The number of nitrogens with one attached hydrogen (secondary N) is 1. The van der Waals surface area contributed by atoms with Gasteiger partial charge in [0, 0.05) is 57.1 Å². The molecule has 0 unspecified atom stereocenters. The summed E-state index contributed by atoms with van der Waals surface area (Å²) in [7, 11) is 1.62. The first-order valence-corrected chi connectivity index (χ1v) is 8.15. The molecule has 0 spiro atoms. The third-order valence-corrected chi connectivity index (χ3v) is 4.77. The molecule has 0 radical (unpaired) electrons. The quantitative estimate of drug-likeness (QED) is 0.870. The summed E-state index contributed by atoms with van der Waals surface area (Å²) in [6.45, 7) is 5.67. The predicted octanol–water partition coefficient (Wildman–Crippen LogP) is 3.05. The Hall–Kier alpha value is -0.590. The number of rotatable bonds is 4. The molecule has 2 heterocycles. The summed E-state index contributed by atoms with van der Waals surface area (Å²) in [6, 6.07) is 5.23. The van der Waals surface area contributed by atoms with E-state index in [9.17, 15) is 4.39 Å². The summed E-state index contributed by atoms with van der Waals surface area (Å²) >= 11 is 0. The summed E-state index contributed by atoms with van der Waals surface area (Å²) in [6.07, 6.45) is 2.10. The largest absolute Gasteiger partial charge is 0.496 e. The second-order valence-corrected chi connectivity index (χ2v) is 6.07. The standard InChI is InChI=1S/C17H25FN2O2.2ClH/c1-21-16-12-14(18)2-3-15(16)17(13-4-10-22-11-5-13)20-8-6-19-7-9-20;;/h2-3,12-13,17,19H,4-11H2,1H3;2*1H/t17-;;/m1../s1. The normalized spacial score (nSPS) is 20.6. The minimum absolute atomic E-state index is 0. The predicted molar refractivity (Wildman–Crippen MR) is 98.2 cm³/mol. The van der Waals surface area contributed by atoms with Crippen LogP contribution in [0.5, 0.6) is 5.75 Å². The second-order valence-electron chi connectivity index (χ2n) is 6.07. The van der Waals surface area contributed by atoms with Gasteiger partial charge in [0.15, 0.2) is 0 Å². The van der Waals surface area contributed by atoms with Crippen molar-refractivity contribution in [2.75, 3.05) is 46.5 Å². The van der Waals surface area contributed by atoms with Crippen molar-refractivity contribution in [3.05, 3.63) is 29.6 Å². The third-order valence-electron chi connectivity index (χ3n) is 4.77. The lowest BCUT2D eigenvalue weighted by atomic mass is 9.85. The maximum Gasteiger partial charge on any atom is 0.126 e. The number of hydrogen-bond acceptors (Lipinski definition) is 4. The summed E-state index contributed by atoms with van der Waals surface area (Å²) < 4.78 is 24.6. The van der Waals surface area contributed by atoms with Gasteiger partial charge in [0.1, 0.15) is 11.6 Å². The Balaban J connectivity index is 0.00000144. The highest BCUT2D eigenvalue weighted by molar-refractivity contribution is 5.85. The van der Waals surface area contributed by atoms with Gasteiger partial charge in [-0.05, 0) is 24.8 Å². The molecule has 1 N–H and O–H groups in total. The molecule has 0 aliphatic carbocycles. The average molecular weight is 381 g/mol. The van der Waals surface area contributed by atoms with Crippen molar-refractivity contribution in [3.8, 4) is 5.75 Å². The molecule has 1 atom stereocenters. The molecule has 4 nitrogen and oxygen atoms in total. The summed E-state index contributed by atoms with van der Waals surface area (Å²) in [4.78, 5) is 2.52. The molecule has 138 valence electrons. The number of ether oxygens (including phenoxy) is 2. The van der Waals surface area contributed by atoms with Gasteiger partial charge in [-0.25, -0.2) is 4.39 Å². The molecule has 0 aromatic heterocycles. The van der Waals surface area contributed by atoms with Crippen LogP contribution >= 0.6 is 24.8 Å². The number of benzene rings is 1. The van der Waals surface area contributed by atoms with Crippen molar-refractivity contribution in [1.82, 2.24) is 10.2 Å². The van der Waals surface area contributed by atoms with Gasteiger partial charge >= 0.3 is 0 Å². The van der Waals surface area contributed by atoms with Crippen LogP contribution in [-0.2, 0) is 4.74 Å². The minimum atomic E-state index is -0.244. The van der Waals surface area contributed by atoms with Crippen molar-refractivity contribution >= 4 is 24.8 Å². The van der Waals surface area contributed by atoms with E-state index in [1.165, 1.54) is 6.07 Å². The van der Waals surface area contributed by atoms with Gasteiger partial charge in [-0.3, -0.25) is 4.90 Å². The number of methoxy groups -OCH3 is 1. The fourth-order valence-electron chi connectivity index (χ4n) is 3.67. The Labute approximate surface area is 155 Å². The Morgan fingerprint density at radius 1 is 1.21 bits per heavy atom. The van der Waals surface area contributed by atoms with Crippen molar-refractivity contribution in [1.29, 1.82) is 0 Å². The molecular weight excluding hydrogens is 354 g/mol. The van der Waals surface area contributed by atoms with Crippen LogP contribution in [0.3, 0.4) is 0 Å². The number of nitrogens with zero attached hydrogens (tertiary/aromatic N) is 1. The topological polar surface area (TPSA) is 33.7 Å². The summed E-state index contributed by atoms with van der Waals surface area (Å²) in [5.74, 6) is 0.952. The van der Waals surface area contributed by atoms with E-state index in [4.69, 9.17) is 9.47 Å². The maximum absolute atomic E-state index is 13.6. The fraction of sp³-hybridized carbons (Fsp3) is 0.647. The van der Waals surface area contributed by atoms with E-state index in [1.807, 2.05) is 6.07 Å². The van der Waals surface area contributed by atoms with Gasteiger partial charge in [-0.1, -0.05) is 6.07 Å². The molecule has 1 aromatic rings. The Morgan fingerprint density at radius 2 is 1.88 bits per heavy atom. The molecule has 0 bridgehead atoms. The molecule has 3 rings (SSSR count). The SMILES string of the molecule is COc1cc(F)ccc1[C@@H](C1CCOCC1)N1CCNCC1.Cl.Cl. The Kier molecular flexibility index (Phi) is 9.31. The van der Waals surface area contributed by atoms with E-state index in [1.54, 1.807) is 13.2 Å². The van der Waals surface area contributed by atoms with Gasteiger partial charge in [-0.2, -0.15) is 0 Å². The monoisotopic (exact) mass is 380 g/mol. The number of piperazine rings is 1. The van der Waals surface area contributed by atoms with Crippen LogP contribution in [0.25, 0.3) is 0 Å². The van der Waals surface area contributed by atoms with Crippen LogP contribution in [-0.4, -0.2) is 51.4 Å². The second kappa shape index (κ2) is 10.4. The third kappa shape index (κ3) is 4.96. The minimum Gasteiger partial charge on any atom is -0.496 e. The van der Waals surface area contributed by atoms with Crippen LogP contribution in [0.1, 0.15) is 24.4 Å². The first kappa shape index (κ1) is 21.5. The molecule has 1 aromatic carbocycles. The summed E-state index contributed by atoms with van der Waals surface area (Å²) in [5, 5.41) is 3.40. The van der Waals surface area contributed by atoms with E-state index in [2.05, 4.69) is 10.2 Å². The first-order chi connectivity index (χ1) is 10.8. The average Bonchev–Trinajstić information content (AvgIpc) is 2.58. The lowest BCUT2D eigenvalue weighted by Crippen LogP contribution is -2.47. The van der Waals surface area contributed by atoms with Crippen LogP contribution in [0, 0.1) is 11.7 Å². The zero-order chi connectivity index (χ0) is 15.4. The van der Waals surface area contributed by atoms with Gasteiger partial charge in [0.05, 0.1) is 7.11 Å². The smallest absolute Gasteiger partial charge is 0.126 e. The Bertz CT molecular complexity index is 477. The number of halogens is 3. The maximum atomic E-state index is 13.6. The molecule has 0 amide bonds. The van der Waals surface area contributed by atoms with E-state index >= 15 is 0 Å². The molecule has 2 fully saturated rings. The molecule has 2 aliphatic rings. The van der Waals surface area contributed by atoms with E-state index in [0.717, 1.165) is 57.8 Å². The molecule has 0 saturated carbocycles. The zero-order valence-corrected chi connectivity index (χ0v) is 15.6. The van der Waals surface area contributed by atoms with Crippen molar-refractivity contribution in [2.45, 2.75) is 18.9 Å². The van der Waals surface area contributed by atoms with Crippen LogP contribution < -0.4 is 10.1 Å². The van der Waals surface area contributed by atoms with Gasteiger partial charge in [0.2, 0.25) is 0 Å². The van der Waals surface area contributed by atoms with Gasteiger partial charge in [0.25, 0.3) is 0 Å². The van der Waals surface area contributed by atoms with Crippen molar-refractivity contribution < 1.29 is 13.9 Å². The highest BCUT2D eigenvalue weighted by Gasteiger charge is 2.33. The van der Waals surface area contributed by atoms with Crippen LogP contribution in [0.2, 0.25) is 0 Å². The molecular formula is C17H27Cl2FN2O2. The van der Waals surface area contributed by atoms with E-state index < -0.39 is 0 Å². The van der Waals surface area contributed by atoms with Crippen LogP contribution in [0.15, 0.2) is 18.2 Å². The zero-order valence-electron chi connectivity index (χ0n) is 14.0. The summed E-state index contributed by atoms with van der Waals surface area (Å²) in [5.41, 5.74) is 1.11. The van der Waals surface area contributed by atoms with Crippen molar-refractivity contribution in [3.63, 3.8) is 0 Å². The highest BCUT2D eigenvalue weighted by Crippen LogP contribution is 2.39. The highest BCUT2D eigenvalue weighted by atomic mass is 35.5. The van der Waals surface area contributed by atoms with Crippen molar-refractivity contribution in [2.24, 2.45) is 5.92 Å². The lowest BCUT2D eigenvalue weighted by Gasteiger charge is -2.41. The van der Waals surface area contributed by atoms with E-state index in [-0.39, 0.29) is 36.7 Å². The molecule has 24 heavy (non-hydrogen) atoms.